The molecule has 4 aromatic heterocycles. The number of anilines is 2. The van der Waals surface area contributed by atoms with Gasteiger partial charge in [-0.15, -0.1) is 22.7 Å². The molecule has 6 atom stereocenters. The van der Waals surface area contributed by atoms with Crippen LogP contribution in [0.2, 0.25) is 0 Å². The van der Waals surface area contributed by atoms with Crippen LogP contribution in [0, 0.1) is 11.8 Å². The summed E-state index contributed by atoms with van der Waals surface area (Å²) >= 11 is 1.58. The smallest absolute Gasteiger partial charge is 0.431 e. The number of nitrogens with zero attached hydrogens (tertiary/aromatic N) is 4. The number of methoxy groups -OCH3 is 2. The van der Waals surface area contributed by atoms with Gasteiger partial charge in [-0.2, -0.15) is 26.3 Å². The highest BCUT2D eigenvalue weighted by atomic mass is 32.1. The number of nitrogens with one attached hydrogen (secondary N) is 2. The molecule has 2 N–H and O–H groups in total. The van der Waals surface area contributed by atoms with Crippen LogP contribution in [0.15, 0.2) is 22.9 Å². The van der Waals surface area contributed by atoms with Crippen molar-refractivity contribution in [2.24, 2.45) is 11.8 Å². The predicted molar refractivity (Wildman–Crippen MR) is 214 cm³/mol. The molecule has 6 rings (SSSR count). The third-order valence-corrected chi connectivity index (χ3v) is 13.1. The Labute approximate surface area is 349 Å². The largest absolute Gasteiger partial charge is 0.508 e. The predicted octanol–water partition coefficient (Wildman–Crippen LogP) is 7.76. The third kappa shape index (κ3) is 9.37. The van der Waals surface area contributed by atoms with Crippen LogP contribution in [-0.2, 0) is 31.3 Å². The van der Waals surface area contributed by atoms with Crippen molar-refractivity contribution < 1.29 is 59.7 Å². The Morgan fingerprint density at radius 2 is 1.12 bits per heavy atom. The molecule has 2 fully saturated rings. The quantitative estimate of drug-likeness (QED) is 0.106. The van der Waals surface area contributed by atoms with Gasteiger partial charge in [0.2, 0.25) is 0 Å². The fourth-order valence-corrected chi connectivity index (χ4v) is 10.2. The number of aromatic nitrogens is 2. The lowest BCUT2D eigenvalue weighted by molar-refractivity contribution is -0.137. The highest BCUT2D eigenvalue weighted by Crippen LogP contribution is 2.44. The number of alkyl halides is 6. The van der Waals surface area contributed by atoms with Crippen molar-refractivity contribution in [2.75, 3.05) is 64.4 Å². The molecule has 0 aliphatic carbocycles. The van der Waals surface area contributed by atoms with Crippen LogP contribution >= 0.6 is 22.7 Å². The monoisotopic (exact) mass is 888 g/mol. The van der Waals surface area contributed by atoms with Gasteiger partial charge in [-0.1, -0.05) is 13.8 Å². The molecule has 60 heavy (non-hydrogen) atoms. The maximum Gasteiger partial charge on any atom is 0.508 e. The highest BCUT2D eigenvalue weighted by Gasteiger charge is 2.42. The normalized spacial score (nSPS) is 21.2. The number of ether oxygens (including phenoxy) is 4. The fourth-order valence-electron chi connectivity index (χ4n) is 8.13. The standard InChI is InChI=1S/C39H46F6N6O7S2/c1-19(15-55-5)27-11-21(7-9-50(27)29-13-25(38(40,41)42)33-31(48-29)23(17-59-33)35(52)46-3)57-37(54)58-22-8-10-51(28(12-22)20(2)16-56-6)30-14-26(39(43,44)45)34-32(49-30)24(18-60-34)36(53)47-4/h13-14,17-22,27-28H,7-12,15-16H2,1-6H3,(H,46,52)(H,47,53)/t19-,20-,21+,22+,27+,28+/m1/s1. The molecular weight excluding hydrogens is 843 g/mol. The summed E-state index contributed by atoms with van der Waals surface area (Å²) < 4.78 is 109. The Balaban J connectivity index is 1.20. The number of thiophene rings is 2. The molecule has 6 heterocycles. The van der Waals surface area contributed by atoms with Crippen LogP contribution in [0.5, 0.6) is 0 Å². The topological polar surface area (TPSA) is 144 Å². The number of hydrogen-bond donors (Lipinski definition) is 2. The molecule has 0 bridgehead atoms. The van der Waals surface area contributed by atoms with Crippen molar-refractivity contribution in [3.8, 4) is 0 Å². The van der Waals surface area contributed by atoms with E-state index in [2.05, 4.69) is 20.6 Å². The lowest BCUT2D eigenvalue weighted by atomic mass is 9.89. The second-order valence-electron chi connectivity index (χ2n) is 15.0. The van der Waals surface area contributed by atoms with Crippen LogP contribution in [0.4, 0.5) is 42.8 Å². The van der Waals surface area contributed by atoms with Crippen LogP contribution < -0.4 is 20.4 Å². The molecule has 2 aliphatic rings. The first-order valence-corrected chi connectivity index (χ1v) is 21.0. The first-order chi connectivity index (χ1) is 28.4. The summed E-state index contributed by atoms with van der Waals surface area (Å²) in [5.74, 6) is -1.61. The van der Waals surface area contributed by atoms with Crippen molar-refractivity contribution in [3.05, 3.63) is 45.1 Å². The zero-order chi connectivity index (χ0) is 43.7. The van der Waals surface area contributed by atoms with E-state index in [0.29, 0.717) is 0 Å². The van der Waals surface area contributed by atoms with Gasteiger partial charge in [0.15, 0.2) is 0 Å². The number of halogens is 6. The summed E-state index contributed by atoms with van der Waals surface area (Å²) in [4.78, 5) is 51.2. The van der Waals surface area contributed by atoms with Gasteiger partial charge >= 0.3 is 18.5 Å². The Kier molecular flexibility index (Phi) is 13.7. The molecule has 2 saturated heterocycles. The summed E-state index contributed by atoms with van der Waals surface area (Å²) in [5, 5.41) is 7.61. The second kappa shape index (κ2) is 18.3. The Morgan fingerprint density at radius 1 is 0.733 bits per heavy atom. The van der Waals surface area contributed by atoms with Gasteiger partial charge in [0.05, 0.1) is 55.9 Å². The first-order valence-electron chi connectivity index (χ1n) is 19.2. The van der Waals surface area contributed by atoms with Crippen molar-refractivity contribution >= 4 is 72.7 Å². The average molecular weight is 889 g/mol. The van der Waals surface area contributed by atoms with Gasteiger partial charge in [-0.25, -0.2) is 14.8 Å². The van der Waals surface area contributed by atoms with E-state index in [4.69, 9.17) is 18.9 Å². The maximum atomic E-state index is 14.4. The molecule has 2 amide bonds. The highest BCUT2D eigenvalue weighted by molar-refractivity contribution is 7.18. The van der Waals surface area contributed by atoms with Gasteiger partial charge in [-0.05, 0) is 24.0 Å². The van der Waals surface area contributed by atoms with Crippen molar-refractivity contribution in [2.45, 2.75) is 76.2 Å². The number of rotatable bonds is 12. The molecular formula is C39H46F6N6O7S2. The summed E-state index contributed by atoms with van der Waals surface area (Å²) in [6.07, 6.45) is -10.9. The van der Waals surface area contributed by atoms with E-state index in [-0.39, 0.29) is 107 Å². The van der Waals surface area contributed by atoms with Gasteiger partial charge in [0.25, 0.3) is 11.8 Å². The molecule has 0 unspecified atom stereocenters. The summed E-state index contributed by atoms with van der Waals surface area (Å²) in [7, 11) is 5.77. The number of pyridine rings is 2. The van der Waals surface area contributed by atoms with Crippen LogP contribution in [0.3, 0.4) is 0 Å². The second-order valence-corrected chi connectivity index (χ2v) is 16.8. The van der Waals surface area contributed by atoms with Gasteiger partial charge in [-0.3, -0.25) is 9.59 Å². The molecule has 328 valence electrons. The minimum absolute atomic E-state index is 0.0233. The van der Waals surface area contributed by atoms with Gasteiger partial charge in [0.1, 0.15) is 23.8 Å². The number of carbonyl (C=O) groups excluding carboxylic acids is 3. The average Bonchev–Trinajstić information content (AvgIpc) is 3.83. The van der Waals surface area contributed by atoms with Crippen molar-refractivity contribution in [3.63, 3.8) is 0 Å². The summed E-state index contributed by atoms with van der Waals surface area (Å²) in [6, 6.07) is 0.984. The van der Waals surface area contributed by atoms with Gasteiger partial charge in [0, 0.05) is 89.9 Å². The van der Waals surface area contributed by atoms with E-state index in [1.807, 2.05) is 13.8 Å². The molecule has 0 saturated carbocycles. The SMILES string of the molecule is CNC(=O)c1csc2c(C(F)(F)F)cc(N3CC[C@H](OC(=O)O[C@H]4CCN(c5cc(C(F)(F)F)c6scc(C(=O)NC)c6n5)[C@H]([C@H](C)COC)C4)C[C@H]3[C@H](C)COC)nc12. The third-order valence-electron chi connectivity index (χ3n) is 11.1. The van der Waals surface area contributed by atoms with E-state index in [1.165, 1.54) is 39.1 Å². The Bertz CT molecular complexity index is 2050. The zero-order valence-corrected chi connectivity index (χ0v) is 35.3. The van der Waals surface area contributed by atoms with Crippen LogP contribution in [-0.4, -0.2) is 107 Å². The minimum Gasteiger partial charge on any atom is -0.431 e. The van der Waals surface area contributed by atoms with E-state index in [0.717, 1.165) is 34.8 Å². The fraction of sp³-hybridized carbons (Fsp3) is 0.564. The molecule has 2 aliphatic heterocycles. The zero-order valence-electron chi connectivity index (χ0n) is 33.7. The molecule has 0 spiro atoms. The Hall–Kier alpha value is -4.47. The number of carbonyl (C=O) groups is 3. The molecule has 21 heteroatoms. The van der Waals surface area contributed by atoms with Gasteiger partial charge < -0.3 is 39.4 Å². The maximum absolute atomic E-state index is 14.4. The van der Waals surface area contributed by atoms with E-state index in [1.54, 1.807) is 9.80 Å². The lowest BCUT2D eigenvalue weighted by Crippen LogP contribution is -2.51. The minimum atomic E-state index is -4.73. The number of amides is 2. The number of hydrogen-bond acceptors (Lipinski definition) is 13. The van der Waals surface area contributed by atoms with Crippen LogP contribution in [0.1, 0.15) is 71.4 Å². The molecule has 0 aromatic carbocycles. The Morgan fingerprint density at radius 3 is 1.45 bits per heavy atom. The lowest BCUT2D eigenvalue weighted by Gasteiger charge is -2.43. The molecule has 13 nitrogen and oxygen atoms in total. The summed E-state index contributed by atoms with van der Waals surface area (Å²) in [5.41, 5.74) is -1.90. The number of piperidine rings is 2. The molecule has 0 radical (unpaired) electrons. The number of fused-ring (bicyclic) bond motifs is 2. The van der Waals surface area contributed by atoms with Crippen molar-refractivity contribution in [1.29, 1.82) is 0 Å². The van der Waals surface area contributed by atoms with E-state index >= 15 is 0 Å². The van der Waals surface area contributed by atoms with Crippen LogP contribution in [0.25, 0.3) is 20.4 Å². The first kappa shape index (κ1) is 45.1. The molecule has 4 aromatic rings. The van der Waals surface area contributed by atoms with Crippen molar-refractivity contribution in [1.82, 2.24) is 20.6 Å². The van der Waals surface area contributed by atoms with E-state index < -0.39 is 65.7 Å². The van der Waals surface area contributed by atoms with E-state index in [9.17, 15) is 40.7 Å². The summed E-state index contributed by atoms with van der Waals surface area (Å²) in [6.45, 7) is 4.51.